The average Bonchev–Trinajstić information content (AvgIpc) is 3.11. The van der Waals surface area contributed by atoms with Crippen LogP contribution in [0.5, 0.6) is 0 Å². The summed E-state index contributed by atoms with van der Waals surface area (Å²) in [6.07, 6.45) is 5.89. The van der Waals surface area contributed by atoms with Crippen LogP contribution in [-0.2, 0) is 11.3 Å². The Labute approximate surface area is 127 Å². The van der Waals surface area contributed by atoms with Crippen molar-refractivity contribution in [2.45, 2.75) is 37.0 Å². The first-order valence-corrected chi connectivity index (χ1v) is 8.42. The summed E-state index contributed by atoms with van der Waals surface area (Å²) in [5.74, 6) is 1.37. The third-order valence-corrected chi connectivity index (χ3v) is 4.56. The molecular weight excluding hydrogens is 289 g/mol. The number of rotatable bonds is 4. The molecule has 0 aliphatic heterocycles. The molecule has 112 valence electrons. The van der Waals surface area contributed by atoms with Gasteiger partial charge in [-0.3, -0.25) is 0 Å². The summed E-state index contributed by atoms with van der Waals surface area (Å²) in [4.78, 5) is 4.43. The van der Waals surface area contributed by atoms with Gasteiger partial charge < -0.3 is 10.3 Å². The molecular formula is C15H18FN3OS. The lowest BCUT2D eigenvalue weighted by Gasteiger charge is -2.17. The number of aromatic nitrogens is 2. The highest BCUT2D eigenvalue weighted by atomic mass is 32.2. The summed E-state index contributed by atoms with van der Waals surface area (Å²) in [6, 6.07) is 4.87. The van der Waals surface area contributed by atoms with Crippen LogP contribution >= 0.6 is 11.8 Å². The Bertz CT molecular complexity index is 638. The first-order chi connectivity index (χ1) is 10.1. The number of thioether (sulfide) groups is 1. The lowest BCUT2D eigenvalue weighted by Crippen LogP contribution is -2.34. The van der Waals surface area contributed by atoms with Gasteiger partial charge in [0.25, 0.3) is 5.89 Å². The molecule has 0 radical (unpaired) electrons. The van der Waals surface area contributed by atoms with Crippen molar-refractivity contribution in [3.63, 3.8) is 0 Å². The van der Waals surface area contributed by atoms with Gasteiger partial charge in [-0.2, -0.15) is 16.7 Å². The Hall–Kier alpha value is -1.40. The Morgan fingerprint density at radius 1 is 1.38 bits per heavy atom. The number of hydrogen-bond donors (Lipinski definition) is 1. The SMILES string of the molecule is CSCc1cc(-c2nc(C3(N)CCCC3)no2)ccc1F. The van der Waals surface area contributed by atoms with Crippen LogP contribution in [0.15, 0.2) is 22.7 Å². The maximum Gasteiger partial charge on any atom is 0.258 e. The first kappa shape index (κ1) is 14.5. The molecule has 1 aliphatic rings. The third kappa shape index (κ3) is 2.82. The molecule has 1 fully saturated rings. The van der Waals surface area contributed by atoms with E-state index in [4.69, 9.17) is 10.3 Å². The van der Waals surface area contributed by atoms with Gasteiger partial charge in [-0.1, -0.05) is 18.0 Å². The highest BCUT2D eigenvalue weighted by Gasteiger charge is 2.36. The molecule has 0 bridgehead atoms. The summed E-state index contributed by atoms with van der Waals surface area (Å²) in [7, 11) is 0. The molecule has 6 heteroatoms. The van der Waals surface area contributed by atoms with Crippen LogP contribution in [0.25, 0.3) is 11.5 Å². The summed E-state index contributed by atoms with van der Waals surface area (Å²) in [6.45, 7) is 0. The van der Waals surface area contributed by atoms with Crippen molar-refractivity contribution in [3.8, 4) is 11.5 Å². The second-order valence-electron chi connectivity index (χ2n) is 5.53. The third-order valence-electron chi connectivity index (χ3n) is 3.96. The second kappa shape index (κ2) is 5.77. The van der Waals surface area contributed by atoms with Crippen molar-refractivity contribution in [3.05, 3.63) is 35.4 Å². The smallest absolute Gasteiger partial charge is 0.258 e. The molecule has 0 spiro atoms. The molecule has 0 amide bonds. The van der Waals surface area contributed by atoms with Gasteiger partial charge in [-0.25, -0.2) is 4.39 Å². The largest absolute Gasteiger partial charge is 0.334 e. The number of nitrogens with zero attached hydrogens (tertiary/aromatic N) is 2. The number of benzene rings is 1. The molecule has 1 aliphatic carbocycles. The van der Waals surface area contributed by atoms with Crippen LogP contribution in [-0.4, -0.2) is 16.4 Å². The Kier molecular flexibility index (Phi) is 3.99. The van der Waals surface area contributed by atoms with Gasteiger partial charge in [0.15, 0.2) is 5.82 Å². The Morgan fingerprint density at radius 3 is 2.86 bits per heavy atom. The summed E-state index contributed by atoms with van der Waals surface area (Å²) in [5.41, 5.74) is 7.24. The van der Waals surface area contributed by atoms with Crippen LogP contribution in [0.2, 0.25) is 0 Å². The fourth-order valence-corrected chi connectivity index (χ4v) is 3.28. The van der Waals surface area contributed by atoms with Crippen molar-refractivity contribution >= 4 is 11.8 Å². The maximum absolute atomic E-state index is 13.7. The van der Waals surface area contributed by atoms with Gasteiger partial charge >= 0.3 is 0 Å². The zero-order valence-corrected chi connectivity index (χ0v) is 12.8. The fourth-order valence-electron chi connectivity index (χ4n) is 2.75. The topological polar surface area (TPSA) is 64.9 Å². The van der Waals surface area contributed by atoms with Gasteiger partial charge in [-0.05, 0) is 42.9 Å². The van der Waals surface area contributed by atoms with Crippen LogP contribution in [0.1, 0.15) is 37.1 Å². The van der Waals surface area contributed by atoms with Gasteiger partial charge in [0.05, 0.1) is 5.54 Å². The zero-order valence-electron chi connectivity index (χ0n) is 11.9. The molecule has 4 nitrogen and oxygen atoms in total. The van der Waals surface area contributed by atoms with E-state index in [-0.39, 0.29) is 5.82 Å². The van der Waals surface area contributed by atoms with Crippen LogP contribution in [0, 0.1) is 5.82 Å². The monoisotopic (exact) mass is 307 g/mol. The number of halogens is 1. The Balaban J connectivity index is 1.91. The minimum atomic E-state index is -0.468. The standard InChI is InChI=1S/C15H18FN3OS/c1-21-9-11-8-10(4-5-12(11)16)13-18-14(19-20-13)15(17)6-2-3-7-15/h4-5,8H,2-3,6-7,9,17H2,1H3. The highest BCUT2D eigenvalue weighted by molar-refractivity contribution is 7.97. The molecule has 0 unspecified atom stereocenters. The first-order valence-electron chi connectivity index (χ1n) is 7.03. The molecule has 0 saturated heterocycles. The van der Waals surface area contributed by atoms with Gasteiger partial charge in [-0.15, -0.1) is 0 Å². The van der Waals surface area contributed by atoms with E-state index in [1.165, 1.54) is 6.07 Å². The van der Waals surface area contributed by atoms with E-state index in [2.05, 4.69) is 10.1 Å². The molecule has 2 aromatic rings. The molecule has 2 N–H and O–H groups in total. The minimum Gasteiger partial charge on any atom is -0.334 e. The second-order valence-corrected chi connectivity index (χ2v) is 6.39. The Morgan fingerprint density at radius 2 is 2.14 bits per heavy atom. The van der Waals surface area contributed by atoms with Crippen LogP contribution in [0.3, 0.4) is 0 Å². The van der Waals surface area contributed by atoms with Gasteiger partial charge in [0.1, 0.15) is 5.82 Å². The molecule has 1 heterocycles. The molecule has 21 heavy (non-hydrogen) atoms. The van der Waals surface area contributed by atoms with E-state index in [1.807, 2.05) is 6.26 Å². The van der Waals surface area contributed by atoms with Gasteiger partial charge in [0.2, 0.25) is 0 Å². The van der Waals surface area contributed by atoms with Crippen molar-refractivity contribution in [2.75, 3.05) is 6.26 Å². The summed E-state index contributed by atoms with van der Waals surface area (Å²) < 4.78 is 19.0. The van der Waals surface area contributed by atoms with Crippen molar-refractivity contribution < 1.29 is 8.91 Å². The number of hydrogen-bond acceptors (Lipinski definition) is 5. The van der Waals surface area contributed by atoms with E-state index in [1.54, 1.807) is 23.9 Å². The predicted molar refractivity (Wildman–Crippen MR) is 81.2 cm³/mol. The fraction of sp³-hybridized carbons (Fsp3) is 0.467. The van der Waals surface area contributed by atoms with E-state index in [0.29, 0.717) is 23.0 Å². The van der Waals surface area contributed by atoms with E-state index >= 15 is 0 Å². The molecule has 1 saturated carbocycles. The van der Waals surface area contributed by atoms with Crippen LogP contribution < -0.4 is 5.73 Å². The van der Waals surface area contributed by atoms with Crippen molar-refractivity contribution in [2.24, 2.45) is 5.73 Å². The normalized spacial score (nSPS) is 17.3. The van der Waals surface area contributed by atoms with E-state index in [0.717, 1.165) is 31.2 Å². The highest BCUT2D eigenvalue weighted by Crippen LogP contribution is 2.35. The lowest BCUT2D eigenvalue weighted by atomic mass is 9.98. The molecule has 1 aromatic heterocycles. The lowest BCUT2D eigenvalue weighted by molar-refractivity contribution is 0.372. The van der Waals surface area contributed by atoms with Gasteiger partial charge in [0, 0.05) is 11.3 Å². The predicted octanol–water partition coefficient (Wildman–Crippen LogP) is 3.47. The molecule has 1 aromatic carbocycles. The summed E-state index contributed by atoms with van der Waals surface area (Å²) in [5, 5.41) is 4.03. The maximum atomic E-state index is 13.7. The van der Waals surface area contributed by atoms with E-state index < -0.39 is 5.54 Å². The summed E-state index contributed by atoms with van der Waals surface area (Å²) >= 11 is 1.57. The quantitative estimate of drug-likeness (QED) is 0.937. The van der Waals surface area contributed by atoms with Crippen molar-refractivity contribution in [1.29, 1.82) is 0 Å². The van der Waals surface area contributed by atoms with Crippen molar-refractivity contribution in [1.82, 2.24) is 10.1 Å². The van der Waals surface area contributed by atoms with E-state index in [9.17, 15) is 4.39 Å². The minimum absolute atomic E-state index is 0.209. The zero-order chi connectivity index (χ0) is 14.9. The molecule has 0 atom stereocenters. The number of nitrogens with two attached hydrogens (primary N) is 1. The average molecular weight is 307 g/mol. The van der Waals surface area contributed by atoms with Crippen LogP contribution in [0.4, 0.5) is 4.39 Å². The molecule has 3 rings (SSSR count).